The van der Waals surface area contributed by atoms with Gasteiger partial charge in [0.15, 0.2) is 0 Å². The summed E-state index contributed by atoms with van der Waals surface area (Å²) in [7, 11) is 0. The molecule has 3 heteroatoms. The molecule has 0 radical (unpaired) electrons. The molecule has 2 heterocycles. The van der Waals surface area contributed by atoms with Gasteiger partial charge in [-0.05, 0) is 6.92 Å². The van der Waals surface area contributed by atoms with Gasteiger partial charge < -0.3 is 10.2 Å². The highest BCUT2D eigenvalue weighted by atomic mass is 16.2. The minimum Gasteiger partial charge on any atom is -0.335 e. The highest BCUT2D eigenvalue weighted by Gasteiger charge is 2.41. The van der Waals surface area contributed by atoms with Crippen molar-refractivity contribution in [2.24, 2.45) is 5.41 Å². The maximum absolute atomic E-state index is 11.8. The monoisotopic (exact) mass is 166 g/mol. The van der Waals surface area contributed by atoms with Gasteiger partial charge in [-0.15, -0.1) is 0 Å². The van der Waals surface area contributed by atoms with Crippen LogP contribution >= 0.6 is 0 Å². The number of nitrogens with zero attached hydrogens (tertiary/aromatic N) is 1. The van der Waals surface area contributed by atoms with Crippen molar-refractivity contribution < 1.29 is 4.79 Å². The second-order valence-electron chi connectivity index (χ2n) is 3.85. The summed E-state index contributed by atoms with van der Waals surface area (Å²) in [6.45, 7) is 5.30. The van der Waals surface area contributed by atoms with E-state index in [1.54, 1.807) is 0 Å². The average molecular weight is 166 g/mol. The van der Waals surface area contributed by atoms with Crippen LogP contribution in [0, 0.1) is 5.41 Å². The van der Waals surface area contributed by atoms with Gasteiger partial charge in [-0.1, -0.05) is 12.2 Å². The third-order valence-electron chi connectivity index (χ3n) is 2.65. The molecule has 0 aromatic heterocycles. The summed E-state index contributed by atoms with van der Waals surface area (Å²) in [4.78, 5) is 13.7. The normalized spacial score (nSPS) is 25.6. The summed E-state index contributed by atoms with van der Waals surface area (Å²) in [5.74, 6) is 0.297. The van der Waals surface area contributed by atoms with Crippen molar-refractivity contribution in [1.82, 2.24) is 10.2 Å². The third kappa shape index (κ3) is 1.05. The molecular formula is C9H14N2O. The van der Waals surface area contributed by atoms with E-state index in [4.69, 9.17) is 0 Å². The molecule has 2 rings (SSSR count). The second kappa shape index (κ2) is 2.59. The number of carbonyl (C=O) groups excluding carboxylic acids is 1. The van der Waals surface area contributed by atoms with Crippen LogP contribution in [-0.2, 0) is 4.79 Å². The molecule has 2 aliphatic rings. The van der Waals surface area contributed by atoms with E-state index in [1.165, 1.54) is 0 Å². The first kappa shape index (κ1) is 7.80. The maximum atomic E-state index is 11.8. The molecule has 0 spiro atoms. The fourth-order valence-electron chi connectivity index (χ4n) is 1.68. The standard InChI is InChI=1S/C9H14N2O/c1-9(6-10-7-9)8(12)11-4-2-3-5-11/h2-3,10H,4-7H2,1H3. The minimum atomic E-state index is -0.119. The maximum Gasteiger partial charge on any atom is 0.231 e. The van der Waals surface area contributed by atoms with Crippen LogP contribution in [0.1, 0.15) is 6.92 Å². The third-order valence-corrected chi connectivity index (χ3v) is 2.65. The van der Waals surface area contributed by atoms with Crippen LogP contribution in [0.3, 0.4) is 0 Å². The largest absolute Gasteiger partial charge is 0.335 e. The zero-order valence-corrected chi connectivity index (χ0v) is 7.34. The first-order valence-electron chi connectivity index (χ1n) is 4.37. The van der Waals surface area contributed by atoms with E-state index in [0.29, 0.717) is 5.91 Å². The van der Waals surface area contributed by atoms with Gasteiger partial charge in [-0.2, -0.15) is 0 Å². The van der Waals surface area contributed by atoms with Crippen LogP contribution in [0.15, 0.2) is 12.2 Å². The molecule has 66 valence electrons. The van der Waals surface area contributed by atoms with Crippen LogP contribution < -0.4 is 5.32 Å². The van der Waals surface area contributed by atoms with Gasteiger partial charge >= 0.3 is 0 Å². The van der Waals surface area contributed by atoms with E-state index in [2.05, 4.69) is 5.32 Å². The predicted molar refractivity (Wildman–Crippen MR) is 46.7 cm³/mol. The quantitative estimate of drug-likeness (QED) is 0.556. The molecule has 0 aromatic carbocycles. The van der Waals surface area contributed by atoms with Crippen LogP contribution in [0.4, 0.5) is 0 Å². The molecule has 1 saturated heterocycles. The van der Waals surface area contributed by atoms with Crippen molar-refractivity contribution in [3.8, 4) is 0 Å². The molecule has 0 aromatic rings. The molecule has 2 aliphatic heterocycles. The Bertz CT molecular complexity index is 223. The molecule has 0 atom stereocenters. The number of carbonyl (C=O) groups is 1. The van der Waals surface area contributed by atoms with Gasteiger partial charge in [0.1, 0.15) is 0 Å². The highest BCUT2D eigenvalue weighted by molar-refractivity contribution is 5.84. The molecule has 1 fully saturated rings. The Morgan fingerprint density at radius 2 is 2.00 bits per heavy atom. The van der Waals surface area contributed by atoms with Gasteiger partial charge in [-0.3, -0.25) is 4.79 Å². The lowest BCUT2D eigenvalue weighted by atomic mass is 9.82. The minimum absolute atomic E-state index is 0.119. The lowest BCUT2D eigenvalue weighted by Crippen LogP contribution is -2.60. The van der Waals surface area contributed by atoms with E-state index in [0.717, 1.165) is 26.2 Å². The van der Waals surface area contributed by atoms with Crippen molar-refractivity contribution in [2.45, 2.75) is 6.92 Å². The number of nitrogens with one attached hydrogen (secondary N) is 1. The van der Waals surface area contributed by atoms with Crippen LogP contribution in [0.5, 0.6) is 0 Å². The molecular weight excluding hydrogens is 152 g/mol. The molecule has 0 bridgehead atoms. The van der Waals surface area contributed by atoms with E-state index < -0.39 is 0 Å². The first-order valence-corrected chi connectivity index (χ1v) is 4.37. The van der Waals surface area contributed by atoms with Gasteiger partial charge in [0.25, 0.3) is 0 Å². The van der Waals surface area contributed by atoms with E-state index in [1.807, 2.05) is 24.0 Å². The van der Waals surface area contributed by atoms with Crippen molar-refractivity contribution in [3.63, 3.8) is 0 Å². The van der Waals surface area contributed by atoms with Crippen LogP contribution in [-0.4, -0.2) is 37.0 Å². The Morgan fingerprint density at radius 3 is 2.42 bits per heavy atom. The Labute approximate surface area is 72.4 Å². The number of hydrogen-bond donors (Lipinski definition) is 1. The fourth-order valence-corrected chi connectivity index (χ4v) is 1.68. The van der Waals surface area contributed by atoms with Gasteiger partial charge in [0.05, 0.1) is 5.41 Å². The Balaban J connectivity index is 1.99. The Kier molecular flexibility index (Phi) is 1.68. The SMILES string of the molecule is CC1(C(=O)N2CC=CC2)CNC1. The molecule has 1 N–H and O–H groups in total. The van der Waals surface area contributed by atoms with E-state index in [-0.39, 0.29) is 5.41 Å². The van der Waals surface area contributed by atoms with Gasteiger partial charge in [0.2, 0.25) is 5.91 Å². The molecule has 0 unspecified atom stereocenters. The zero-order chi connectivity index (χ0) is 8.60. The topological polar surface area (TPSA) is 32.3 Å². The zero-order valence-electron chi connectivity index (χ0n) is 7.34. The van der Waals surface area contributed by atoms with Gasteiger partial charge in [-0.25, -0.2) is 0 Å². The first-order chi connectivity index (χ1) is 5.72. The summed E-state index contributed by atoms with van der Waals surface area (Å²) in [5, 5.41) is 3.14. The molecule has 3 nitrogen and oxygen atoms in total. The van der Waals surface area contributed by atoms with Crippen molar-refractivity contribution in [2.75, 3.05) is 26.2 Å². The number of hydrogen-bond acceptors (Lipinski definition) is 2. The number of amides is 1. The van der Waals surface area contributed by atoms with Crippen molar-refractivity contribution in [3.05, 3.63) is 12.2 Å². The Morgan fingerprint density at radius 1 is 1.42 bits per heavy atom. The average Bonchev–Trinajstić information content (AvgIpc) is 2.50. The van der Waals surface area contributed by atoms with Gasteiger partial charge in [0, 0.05) is 26.2 Å². The summed E-state index contributed by atoms with van der Waals surface area (Å²) in [6, 6.07) is 0. The summed E-state index contributed by atoms with van der Waals surface area (Å²) >= 11 is 0. The second-order valence-corrected chi connectivity index (χ2v) is 3.85. The van der Waals surface area contributed by atoms with Crippen LogP contribution in [0.2, 0.25) is 0 Å². The molecule has 0 saturated carbocycles. The van der Waals surface area contributed by atoms with Crippen LogP contribution in [0.25, 0.3) is 0 Å². The van der Waals surface area contributed by atoms with Crippen molar-refractivity contribution in [1.29, 1.82) is 0 Å². The smallest absolute Gasteiger partial charge is 0.231 e. The fraction of sp³-hybridized carbons (Fsp3) is 0.667. The van der Waals surface area contributed by atoms with E-state index >= 15 is 0 Å². The lowest BCUT2D eigenvalue weighted by molar-refractivity contribution is -0.142. The summed E-state index contributed by atoms with van der Waals surface area (Å²) in [5.41, 5.74) is -0.119. The molecule has 0 aliphatic carbocycles. The molecule has 12 heavy (non-hydrogen) atoms. The lowest BCUT2D eigenvalue weighted by Gasteiger charge is -2.40. The van der Waals surface area contributed by atoms with E-state index in [9.17, 15) is 4.79 Å². The Hall–Kier alpha value is -0.830. The summed E-state index contributed by atoms with van der Waals surface area (Å²) < 4.78 is 0. The highest BCUT2D eigenvalue weighted by Crippen LogP contribution is 2.25. The molecule has 1 amide bonds. The number of rotatable bonds is 1. The summed E-state index contributed by atoms with van der Waals surface area (Å²) in [6.07, 6.45) is 4.10. The van der Waals surface area contributed by atoms with Crippen molar-refractivity contribution >= 4 is 5.91 Å². The predicted octanol–water partition coefficient (Wildman–Crippen LogP) is -0.00570.